The van der Waals surface area contributed by atoms with Crippen LogP contribution < -0.4 is 4.74 Å². The first-order valence-electron chi connectivity index (χ1n) is 21.1. The highest BCUT2D eigenvalue weighted by molar-refractivity contribution is 5.89. The van der Waals surface area contributed by atoms with E-state index in [4.69, 9.17) is 14.7 Å². The normalized spacial score (nSPS) is 12.8. The Kier molecular flexibility index (Phi) is 8.39. The first-order valence-corrected chi connectivity index (χ1v) is 21.1. The summed E-state index contributed by atoms with van der Waals surface area (Å²) in [6, 6.07) is 82.0. The quantitative estimate of drug-likeness (QED) is 0.168. The van der Waals surface area contributed by atoms with Crippen molar-refractivity contribution < 1.29 is 4.74 Å². The topological polar surface area (TPSA) is 35.0 Å². The molecule has 0 saturated heterocycles. The molecule has 62 heavy (non-hydrogen) atoms. The smallest absolute Gasteiger partial charge is 0.160 e. The van der Waals surface area contributed by atoms with E-state index >= 15 is 0 Å². The van der Waals surface area contributed by atoms with Gasteiger partial charge in [-0.2, -0.15) is 0 Å². The molecule has 0 radical (unpaired) electrons. The van der Waals surface area contributed by atoms with Gasteiger partial charge in [0.2, 0.25) is 0 Å². The number of aromatic nitrogens is 2. The number of hydrogen-bond acceptors (Lipinski definition) is 3. The van der Waals surface area contributed by atoms with Crippen LogP contribution in [0.25, 0.3) is 78.4 Å². The molecule has 3 heteroatoms. The molecular formula is C59H38N2O. The van der Waals surface area contributed by atoms with Crippen LogP contribution in [-0.4, -0.2) is 9.97 Å². The number of fused-ring (bicyclic) bond motifs is 9. The molecule has 1 aliphatic heterocycles. The van der Waals surface area contributed by atoms with E-state index in [9.17, 15) is 0 Å². The van der Waals surface area contributed by atoms with Gasteiger partial charge in [-0.25, -0.2) is 9.97 Å². The van der Waals surface area contributed by atoms with Gasteiger partial charge in [0.15, 0.2) is 5.82 Å². The predicted octanol–water partition coefficient (Wildman–Crippen LogP) is 14.9. The highest BCUT2D eigenvalue weighted by Crippen LogP contribution is 2.62. The molecule has 0 bridgehead atoms. The van der Waals surface area contributed by atoms with Crippen LogP contribution in [0.15, 0.2) is 231 Å². The summed E-state index contributed by atoms with van der Waals surface area (Å²) in [5.74, 6) is 2.44. The van der Waals surface area contributed by atoms with E-state index in [0.717, 1.165) is 67.4 Å². The zero-order chi connectivity index (χ0) is 41.0. The summed E-state index contributed by atoms with van der Waals surface area (Å²) in [4.78, 5) is 10.5. The predicted molar refractivity (Wildman–Crippen MR) is 252 cm³/mol. The van der Waals surface area contributed by atoms with E-state index in [0.29, 0.717) is 5.82 Å². The second kappa shape index (κ2) is 14.5. The largest absolute Gasteiger partial charge is 0.457 e. The molecule has 12 rings (SSSR count). The van der Waals surface area contributed by atoms with Crippen molar-refractivity contribution >= 4 is 0 Å². The van der Waals surface area contributed by atoms with Gasteiger partial charge in [0.25, 0.3) is 0 Å². The Balaban J connectivity index is 0.986. The van der Waals surface area contributed by atoms with Crippen LogP contribution in [0.5, 0.6) is 11.5 Å². The highest BCUT2D eigenvalue weighted by atomic mass is 16.5. The lowest BCUT2D eigenvalue weighted by atomic mass is 9.66. The molecule has 2 aliphatic rings. The molecule has 2 heterocycles. The third-order valence-electron chi connectivity index (χ3n) is 12.6. The van der Waals surface area contributed by atoms with Crippen molar-refractivity contribution in [2.75, 3.05) is 0 Å². The molecular weight excluding hydrogens is 753 g/mol. The maximum absolute atomic E-state index is 6.74. The zero-order valence-electron chi connectivity index (χ0n) is 33.7. The maximum Gasteiger partial charge on any atom is 0.160 e. The van der Waals surface area contributed by atoms with E-state index in [1.54, 1.807) is 0 Å². The van der Waals surface area contributed by atoms with Crippen LogP contribution in [0.4, 0.5) is 0 Å². The minimum absolute atomic E-state index is 0.534. The average Bonchev–Trinajstić information content (AvgIpc) is 3.65. The maximum atomic E-state index is 6.74. The molecule has 0 unspecified atom stereocenters. The Morgan fingerprint density at radius 3 is 1.35 bits per heavy atom. The van der Waals surface area contributed by atoms with Crippen molar-refractivity contribution in [1.82, 2.24) is 9.97 Å². The fourth-order valence-corrected chi connectivity index (χ4v) is 9.67. The molecule has 0 fully saturated rings. The van der Waals surface area contributed by atoms with Crippen molar-refractivity contribution in [3.8, 4) is 89.9 Å². The fraction of sp³-hybridized carbons (Fsp3) is 0.0169. The van der Waals surface area contributed by atoms with E-state index in [2.05, 4.69) is 218 Å². The van der Waals surface area contributed by atoms with Gasteiger partial charge in [0, 0.05) is 27.8 Å². The zero-order valence-corrected chi connectivity index (χ0v) is 33.7. The first-order chi connectivity index (χ1) is 30.7. The second-order valence-corrected chi connectivity index (χ2v) is 16.1. The lowest BCUT2D eigenvalue weighted by Gasteiger charge is -2.39. The van der Waals surface area contributed by atoms with Crippen LogP contribution in [0, 0.1) is 0 Å². The van der Waals surface area contributed by atoms with Crippen LogP contribution in [0.2, 0.25) is 0 Å². The third-order valence-corrected chi connectivity index (χ3v) is 12.6. The molecule has 1 spiro atoms. The van der Waals surface area contributed by atoms with Gasteiger partial charge in [-0.1, -0.05) is 200 Å². The summed E-state index contributed by atoms with van der Waals surface area (Å²) < 4.78 is 6.74. The third kappa shape index (κ3) is 5.82. The molecule has 290 valence electrons. The standard InChI is InChI=1S/C59H38N2O/c1-3-14-39(15-4-1)41-26-30-43(31-27-41)54-38-55(61-58(60-54)44-32-28-42(29-33-44)40-16-5-2-6-17-40)47-19-13-18-45(36-47)46-34-35-57-53(37-46)59(52-24-11-12-25-56(52)62-57)50-22-9-7-20-48(50)49-21-8-10-23-51(49)59/h1-38H. The molecule has 0 amide bonds. The Morgan fingerprint density at radius 2 is 0.710 bits per heavy atom. The number of benzene rings is 9. The molecule has 0 atom stereocenters. The summed E-state index contributed by atoms with van der Waals surface area (Å²) in [5, 5.41) is 0. The minimum Gasteiger partial charge on any atom is -0.457 e. The average molecular weight is 791 g/mol. The number of hydrogen-bond donors (Lipinski definition) is 0. The molecule has 1 aliphatic carbocycles. The van der Waals surface area contributed by atoms with Gasteiger partial charge in [-0.3, -0.25) is 0 Å². The van der Waals surface area contributed by atoms with Gasteiger partial charge in [-0.15, -0.1) is 0 Å². The summed E-state index contributed by atoms with van der Waals surface area (Å²) in [5.41, 5.74) is 18.5. The second-order valence-electron chi connectivity index (χ2n) is 16.1. The lowest BCUT2D eigenvalue weighted by molar-refractivity contribution is 0.436. The Labute approximate surface area is 361 Å². The van der Waals surface area contributed by atoms with E-state index in [-0.39, 0.29) is 0 Å². The van der Waals surface area contributed by atoms with Crippen molar-refractivity contribution in [1.29, 1.82) is 0 Å². The van der Waals surface area contributed by atoms with Gasteiger partial charge in [0.1, 0.15) is 11.5 Å². The van der Waals surface area contributed by atoms with Crippen LogP contribution in [0.3, 0.4) is 0 Å². The summed E-state index contributed by atoms with van der Waals surface area (Å²) in [7, 11) is 0. The molecule has 3 nitrogen and oxygen atoms in total. The van der Waals surface area contributed by atoms with Crippen LogP contribution in [-0.2, 0) is 5.41 Å². The van der Waals surface area contributed by atoms with Gasteiger partial charge >= 0.3 is 0 Å². The molecule has 10 aromatic rings. The van der Waals surface area contributed by atoms with E-state index < -0.39 is 5.41 Å². The van der Waals surface area contributed by atoms with Crippen molar-refractivity contribution in [3.63, 3.8) is 0 Å². The van der Waals surface area contributed by atoms with Crippen molar-refractivity contribution in [3.05, 3.63) is 253 Å². The number of nitrogens with zero attached hydrogens (tertiary/aromatic N) is 2. The van der Waals surface area contributed by atoms with Gasteiger partial charge in [0.05, 0.1) is 16.8 Å². The summed E-state index contributed by atoms with van der Waals surface area (Å²) >= 11 is 0. The minimum atomic E-state index is -0.534. The Bertz CT molecular complexity index is 3150. The molecule has 0 N–H and O–H groups in total. The highest BCUT2D eigenvalue weighted by Gasteiger charge is 2.51. The Morgan fingerprint density at radius 1 is 0.274 bits per heavy atom. The fourth-order valence-electron chi connectivity index (χ4n) is 9.67. The van der Waals surface area contributed by atoms with Gasteiger partial charge < -0.3 is 4.74 Å². The number of ether oxygens (including phenoxy) is 1. The monoisotopic (exact) mass is 790 g/mol. The number of para-hydroxylation sites is 1. The lowest BCUT2D eigenvalue weighted by Crippen LogP contribution is -2.32. The van der Waals surface area contributed by atoms with Crippen molar-refractivity contribution in [2.45, 2.75) is 5.41 Å². The summed E-state index contributed by atoms with van der Waals surface area (Å²) in [6.45, 7) is 0. The van der Waals surface area contributed by atoms with Crippen LogP contribution in [0.1, 0.15) is 22.3 Å². The molecule has 1 aromatic heterocycles. The first kappa shape index (κ1) is 35.8. The van der Waals surface area contributed by atoms with Crippen LogP contribution >= 0.6 is 0 Å². The molecule has 0 saturated carbocycles. The van der Waals surface area contributed by atoms with Crippen molar-refractivity contribution in [2.24, 2.45) is 0 Å². The SMILES string of the molecule is c1ccc(-c2ccc(-c3cc(-c4cccc(-c5ccc6c(c5)C5(c7ccccc7O6)c6ccccc6-c6ccccc65)c4)nc(-c4ccc(-c5ccccc5)cc4)n3)cc2)cc1. The Hall–Kier alpha value is -8.14. The summed E-state index contributed by atoms with van der Waals surface area (Å²) in [6.07, 6.45) is 0. The van der Waals surface area contributed by atoms with E-state index in [1.165, 1.54) is 38.9 Å². The number of rotatable bonds is 6. The molecule has 9 aromatic carbocycles. The van der Waals surface area contributed by atoms with E-state index in [1.807, 2.05) is 12.1 Å². The van der Waals surface area contributed by atoms with Gasteiger partial charge in [-0.05, 0) is 86.0 Å².